The second-order valence-corrected chi connectivity index (χ2v) is 4.10. The standard InChI is InChI=1S/C13H21NO/c1-9-7-6-8-13(10(9)2)15-12(4)11(3)14-5/h6-8,11-12,14H,1-5H3. The molecule has 2 nitrogen and oxygen atoms in total. The fourth-order valence-electron chi connectivity index (χ4n) is 1.39. The Hall–Kier alpha value is -1.02. The normalized spacial score (nSPS) is 14.7. The largest absolute Gasteiger partial charge is 0.489 e. The van der Waals surface area contributed by atoms with Gasteiger partial charge >= 0.3 is 0 Å². The molecule has 1 N–H and O–H groups in total. The summed E-state index contributed by atoms with van der Waals surface area (Å²) in [6, 6.07) is 6.52. The summed E-state index contributed by atoms with van der Waals surface area (Å²) in [4.78, 5) is 0. The van der Waals surface area contributed by atoms with E-state index in [1.807, 2.05) is 19.2 Å². The molecule has 0 fully saturated rings. The minimum atomic E-state index is 0.176. The molecule has 0 bridgehead atoms. The first-order valence-electron chi connectivity index (χ1n) is 5.46. The molecule has 2 heteroatoms. The third kappa shape index (κ3) is 2.96. The van der Waals surface area contributed by atoms with E-state index in [0.717, 1.165) is 5.75 Å². The van der Waals surface area contributed by atoms with Gasteiger partial charge in [-0.15, -0.1) is 0 Å². The van der Waals surface area contributed by atoms with Crippen LogP contribution in [0.15, 0.2) is 18.2 Å². The maximum atomic E-state index is 5.92. The lowest BCUT2D eigenvalue weighted by molar-refractivity contribution is 0.181. The van der Waals surface area contributed by atoms with Gasteiger partial charge in [0.1, 0.15) is 11.9 Å². The van der Waals surface area contributed by atoms with Crippen molar-refractivity contribution in [3.8, 4) is 5.75 Å². The number of benzene rings is 1. The molecule has 0 aliphatic heterocycles. The van der Waals surface area contributed by atoms with E-state index in [9.17, 15) is 0 Å². The first-order valence-corrected chi connectivity index (χ1v) is 5.46. The Morgan fingerprint density at radius 1 is 1.20 bits per heavy atom. The Labute approximate surface area is 92.6 Å². The van der Waals surface area contributed by atoms with Gasteiger partial charge in [0, 0.05) is 6.04 Å². The number of hydrogen-bond acceptors (Lipinski definition) is 2. The Morgan fingerprint density at radius 2 is 1.87 bits per heavy atom. The molecule has 0 aromatic heterocycles. The molecule has 0 spiro atoms. The monoisotopic (exact) mass is 207 g/mol. The molecule has 0 amide bonds. The van der Waals surface area contributed by atoms with Crippen LogP contribution < -0.4 is 10.1 Å². The number of aryl methyl sites for hydroxylation is 1. The maximum Gasteiger partial charge on any atom is 0.122 e. The number of nitrogens with one attached hydrogen (secondary N) is 1. The van der Waals surface area contributed by atoms with Crippen LogP contribution in [0.5, 0.6) is 5.75 Å². The molecular formula is C13H21NO. The second-order valence-electron chi connectivity index (χ2n) is 4.10. The maximum absolute atomic E-state index is 5.92. The third-order valence-corrected chi connectivity index (χ3v) is 3.03. The van der Waals surface area contributed by atoms with Gasteiger partial charge in [-0.05, 0) is 51.9 Å². The molecule has 0 radical (unpaired) electrons. The number of likely N-dealkylation sites (N-methyl/N-ethyl adjacent to an activating group) is 1. The smallest absolute Gasteiger partial charge is 0.122 e. The molecule has 0 aliphatic rings. The quantitative estimate of drug-likeness (QED) is 0.819. The van der Waals surface area contributed by atoms with Crippen LogP contribution >= 0.6 is 0 Å². The highest BCUT2D eigenvalue weighted by molar-refractivity contribution is 5.38. The molecular weight excluding hydrogens is 186 g/mol. The van der Waals surface area contributed by atoms with Crippen molar-refractivity contribution < 1.29 is 4.74 Å². The summed E-state index contributed by atoms with van der Waals surface area (Å²) in [6.45, 7) is 8.41. The van der Waals surface area contributed by atoms with E-state index in [1.165, 1.54) is 11.1 Å². The summed E-state index contributed by atoms with van der Waals surface area (Å²) >= 11 is 0. The molecule has 1 aromatic carbocycles. The van der Waals surface area contributed by atoms with Crippen molar-refractivity contribution >= 4 is 0 Å². The fraction of sp³-hybridized carbons (Fsp3) is 0.538. The molecule has 1 rings (SSSR count). The predicted octanol–water partition coefficient (Wildman–Crippen LogP) is 2.68. The van der Waals surface area contributed by atoms with Gasteiger partial charge in [0.05, 0.1) is 0 Å². The van der Waals surface area contributed by atoms with Crippen LogP contribution in [0, 0.1) is 13.8 Å². The highest BCUT2D eigenvalue weighted by atomic mass is 16.5. The Bertz CT molecular complexity index is 322. The molecule has 0 heterocycles. The lowest BCUT2D eigenvalue weighted by Crippen LogP contribution is -2.36. The van der Waals surface area contributed by atoms with Gasteiger partial charge in [-0.25, -0.2) is 0 Å². The lowest BCUT2D eigenvalue weighted by Gasteiger charge is -2.22. The average Bonchev–Trinajstić information content (AvgIpc) is 2.23. The topological polar surface area (TPSA) is 21.3 Å². The van der Waals surface area contributed by atoms with Gasteiger partial charge in [0.25, 0.3) is 0 Å². The van der Waals surface area contributed by atoms with Crippen LogP contribution in [0.25, 0.3) is 0 Å². The summed E-state index contributed by atoms with van der Waals surface area (Å²) in [6.07, 6.45) is 0.176. The van der Waals surface area contributed by atoms with Crippen LogP contribution in [0.1, 0.15) is 25.0 Å². The van der Waals surface area contributed by atoms with E-state index in [1.54, 1.807) is 0 Å². The van der Waals surface area contributed by atoms with Gasteiger partial charge in [0.2, 0.25) is 0 Å². The van der Waals surface area contributed by atoms with Gasteiger partial charge < -0.3 is 10.1 Å². The van der Waals surface area contributed by atoms with Gasteiger partial charge in [0.15, 0.2) is 0 Å². The van der Waals surface area contributed by atoms with Gasteiger partial charge in [-0.3, -0.25) is 0 Å². The third-order valence-electron chi connectivity index (χ3n) is 3.03. The molecule has 2 unspecified atom stereocenters. The Morgan fingerprint density at radius 3 is 2.47 bits per heavy atom. The van der Waals surface area contributed by atoms with Crippen molar-refractivity contribution in [2.24, 2.45) is 0 Å². The highest BCUT2D eigenvalue weighted by Gasteiger charge is 2.12. The molecule has 0 saturated heterocycles. The van der Waals surface area contributed by atoms with Gasteiger partial charge in [-0.1, -0.05) is 12.1 Å². The number of ether oxygens (including phenoxy) is 1. The van der Waals surface area contributed by atoms with Crippen LogP contribution in [0.4, 0.5) is 0 Å². The zero-order chi connectivity index (χ0) is 11.4. The summed E-state index contributed by atoms with van der Waals surface area (Å²) in [5.74, 6) is 0.990. The predicted molar refractivity (Wildman–Crippen MR) is 64.5 cm³/mol. The van der Waals surface area contributed by atoms with Crippen molar-refractivity contribution in [1.82, 2.24) is 5.32 Å². The van der Waals surface area contributed by atoms with Crippen molar-refractivity contribution in [2.45, 2.75) is 39.8 Å². The van der Waals surface area contributed by atoms with E-state index in [0.29, 0.717) is 6.04 Å². The molecule has 0 saturated carbocycles. The molecule has 1 aromatic rings. The zero-order valence-electron chi connectivity index (χ0n) is 10.3. The van der Waals surface area contributed by atoms with E-state index in [-0.39, 0.29) is 6.10 Å². The first kappa shape index (κ1) is 12.1. The zero-order valence-corrected chi connectivity index (χ0v) is 10.3. The first-order chi connectivity index (χ1) is 7.06. The van der Waals surface area contributed by atoms with Crippen LogP contribution in [0.2, 0.25) is 0 Å². The molecule has 0 aliphatic carbocycles. The van der Waals surface area contributed by atoms with E-state index in [2.05, 4.69) is 39.1 Å². The van der Waals surface area contributed by atoms with Crippen LogP contribution in [0.3, 0.4) is 0 Å². The van der Waals surface area contributed by atoms with Crippen molar-refractivity contribution in [3.05, 3.63) is 29.3 Å². The van der Waals surface area contributed by atoms with Crippen molar-refractivity contribution in [3.63, 3.8) is 0 Å². The van der Waals surface area contributed by atoms with Gasteiger partial charge in [-0.2, -0.15) is 0 Å². The SMILES string of the molecule is CNC(C)C(C)Oc1cccc(C)c1C. The van der Waals surface area contributed by atoms with Crippen LogP contribution in [-0.4, -0.2) is 19.2 Å². The lowest BCUT2D eigenvalue weighted by atomic mass is 10.1. The number of hydrogen-bond donors (Lipinski definition) is 1. The Balaban J connectivity index is 2.76. The summed E-state index contributed by atoms with van der Waals surface area (Å²) in [5.41, 5.74) is 2.50. The highest BCUT2D eigenvalue weighted by Crippen LogP contribution is 2.22. The average molecular weight is 207 g/mol. The van der Waals surface area contributed by atoms with E-state index < -0.39 is 0 Å². The minimum absolute atomic E-state index is 0.176. The summed E-state index contributed by atoms with van der Waals surface area (Å²) < 4.78 is 5.92. The van der Waals surface area contributed by atoms with Crippen molar-refractivity contribution in [1.29, 1.82) is 0 Å². The van der Waals surface area contributed by atoms with E-state index >= 15 is 0 Å². The minimum Gasteiger partial charge on any atom is -0.489 e. The summed E-state index contributed by atoms with van der Waals surface area (Å²) in [5, 5.41) is 3.19. The fourth-order valence-corrected chi connectivity index (χ4v) is 1.39. The van der Waals surface area contributed by atoms with Crippen molar-refractivity contribution in [2.75, 3.05) is 7.05 Å². The summed E-state index contributed by atoms with van der Waals surface area (Å²) in [7, 11) is 1.95. The molecule has 15 heavy (non-hydrogen) atoms. The Kier molecular flexibility index (Phi) is 4.15. The second kappa shape index (κ2) is 5.17. The van der Waals surface area contributed by atoms with Crippen LogP contribution in [-0.2, 0) is 0 Å². The molecule has 2 atom stereocenters. The molecule has 84 valence electrons. The van der Waals surface area contributed by atoms with E-state index in [4.69, 9.17) is 4.74 Å². The number of rotatable bonds is 4.